The summed E-state index contributed by atoms with van der Waals surface area (Å²) < 4.78 is 1.92. The fraction of sp³-hybridized carbons (Fsp3) is 0.800. The van der Waals surface area contributed by atoms with Gasteiger partial charge in [0.25, 0.3) is 0 Å². The third-order valence-corrected chi connectivity index (χ3v) is 4.27. The molecule has 1 fully saturated rings. The van der Waals surface area contributed by atoms with E-state index in [2.05, 4.69) is 44.3 Å². The Labute approximate surface area is 111 Å². The maximum Gasteiger partial charge on any atom is 0.0853 e. The zero-order chi connectivity index (χ0) is 13.3. The van der Waals surface area contributed by atoms with E-state index in [-0.39, 0.29) is 0 Å². The molecule has 1 aliphatic carbocycles. The van der Waals surface area contributed by atoms with Crippen LogP contribution in [0.1, 0.15) is 52.7 Å². The summed E-state index contributed by atoms with van der Waals surface area (Å²) in [6, 6.07) is 0.604. The molecule has 2 unspecified atom stereocenters. The van der Waals surface area contributed by atoms with Crippen LogP contribution >= 0.6 is 0 Å². The summed E-state index contributed by atoms with van der Waals surface area (Å²) in [6.45, 7) is 9.32. The van der Waals surface area contributed by atoms with Gasteiger partial charge in [-0.2, -0.15) is 5.10 Å². The highest BCUT2D eigenvalue weighted by atomic mass is 15.3. The third-order valence-electron chi connectivity index (χ3n) is 4.27. The summed E-state index contributed by atoms with van der Waals surface area (Å²) in [4.78, 5) is 0. The van der Waals surface area contributed by atoms with Gasteiger partial charge in [-0.15, -0.1) is 0 Å². The molecule has 1 aliphatic rings. The number of rotatable bonds is 3. The number of aryl methyl sites for hydroxylation is 2. The Morgan fingerprint density at radius 3 is 2.83 bits per heavy atom. The minimum absolute atomic E-state index is 0.514. The van der Waals surface area contributed by atoms with Crippen LogP contribution in [0.4, 0.5) is 5.69 Å². The third kappa shape index (κ3) is 2.88. The smallest absolute Gasteiger partial charge is 0.0853 e. The standard InChI is InChI=1S/C15H27N3/c1-6-12-14(10-18(5)17-12)16-13-7-8-15(3,4)9-11(13)2/h10-11,13,16H,6-9H2,1-5H3. The first-order chi connectivity index (χ1) is 8.41. The molecule has 18 heavy (non-hydrogen) atoms. The molecule has 1 saturated carbocycles. The Bertz CT molecular complexity index is 406. The molecule has 1 aromatic rings. The van der Waals surface area contributed by atoms with E-state index in [0.717, 1.165) is 12.3 Å². The lowest BCUT2D eigenvalue weighted by atomic mass is 9.70. The van der Waals surface area contributed by atoms with E-state index in [0.29, 0.717) is 11.5 Å². The number of hydrogen-bond donors (Lipinski definition) is 1. The van der Waals surface area contributed by atoms with E-state index < -0.39 is 0 Å². The minimum Gasteiger partial charge on any atom is -0.379 e. The van der Waals surface area contributed by atoms with Gasteiger partial charge in [-0.1, -0.05) is 27.7 Å². The SMILES string of the molecule is CCc1nn(C)cc1NC1CCC(C)(C)CC1C. The molecule has 2 rings (SSSR count). The van der Waals surface area contributed by atoms with E-state index >= 15 is 0 Å². The average Bonchev–Trinajstić information content (AvgIpc) is 2.62. The van der Waals surface area contributed by atoms with Crippen molar-refractivity contribution in [1.29, 1.82) is 0 Å². The molecule has 0 spiro atoms. The molecule has 3 nitrogen and oxygen atoms in total. The van der Waals surface area contributed by atoms with Crippen molar-refractivity contribution in [2.75, 3.05) is 5.32 Å². The Balaban J connectivity index is 2.05. The van der Waals surface area contributed by atoms with Crippen molar-refractivity contribution in [3.05, 3.63) is 11.9 Å². The zero-order valence-electron chi connectivity index (χ0n) is 12.5. The van der Waals surface area contributed by atoms with E-state index in [9.17, 15) is 0 Å². The second-order valence-corrected chi connectivity index (χ2v) is 6.65. The van der Waals surface area contributed by atoms with Gasteiger partial charge in [0.05, 0.1) is 11.4 Å². The average molecular weight is 249 g/mol. The van der Waals surface area contributed by atoms with Crippen molar-refractivity contribution in [1.82, 2.24) is 9.78 Å². The lowest BCUT2D eigenvalue weighted by molar-refractivity contribution is 0.177. The van der Waals surface area contributed by atoms with Crippen LogP contribution in [0.3, 0.4) is 0 Å². The molecule has 1 heterocycles. The highest BCUT2D eigenvalue weighted by Crippen LogP contribution is 2.39. The number of nitrogens with one attached hydrogen (secondary N) is 1. The van der Waals surface area contributed by atoms with E-state index in [1.54, 1.807) is 0 Å². The van der Waals surface area contributed by atoms with Crippen molar-refractivity contribution in [3.63, 3.8) is 0 Å². The van der Waals surface area contributed by atoms with Crippen molar-refractivity contribution < 1.29 is 0 Å². The Morgan fingerprint density at radius 1 is 1.50 bits per heavy atom. The van der Waals surface area contributed by atoms with E-state index in [1.165, 1.54) is 30.6 Å². The van der Waals surface area contributed by atoms with Crippen LogP contribution in [0.15, 0.2) is 6.20 Å². The zero-order valence-corrected chi connectivity index (χ0v) is 12.5. The van der Waals surface area contributed by atoms with Crippen LogP contribution in [0.5, 0.6) is 0 Å². The minimum atomic E-state index is 0.514. The van der Waals surface area contributed by atoms with Crippen LogP contribution in [0.25, 0.3) is 0 Å². The fourth-order valence-electron chi connectivity index (χ4n) is 3.28. The van der Waals surface area contributed by atoms with E-state index in [4.69, 9.17) is 0 Å². The lowest BCUT2D eigenvalue weighted by Crippen LogP contribution is -2.37. The molecule has 1 N–H and O–H groups in total. The summed E-state index contributed by atoms with van der Waals surface area (Å²) in [7, 11) is 2.00. The normalized spacial score (nSPS) is 27.2. The van der Waals surface area contributed by atoms with Crippen LogP contribution < -0.4 is 5.32 Å². The molecule has 0 saturated heterocycles. The van der Waals surface area contributed by atoms with Gasteiger partial charge in [-0.05, 0) is 37.0 Å². The van der Waals surface area contributed by atoms with Crippen molar-refractivity contribution in [3.8, 4) is 0 Å². The quantitative estimate of drug-likeness (QED) is 0.887. The topological polar surface area (TPSA) is 29.9 Å². The molecule has 102 valence electrons. The first-order valence-corrected chi connectivity index (χ1v) is 7.20. The van der Waals surface area contributed by atoms with Gasteiger partial charge < -0.3 is 5.32 Å². The summed E-state index contributed by atoms with van der Waals surface area (Å²) in [5, 5.41) is 8.23. The maximum absolute atomic E-state index is 4.50. The van der Waals surface area contributed by atoms with Gasteiger partial charge in [0.1, 0.15) is 0 Å². The molecule has 0 radical (unpaired) electrons. The lowest BCUT2D eigenvalue weighted by Gasteiger charge is -2.39. The molecule has 0 bridgehead atoms. The van der Waals surface area contributed by atoms with Crippen LogP contribution in [0.2, 0.25) is 0 Å². The molecular formula is C15H27N3. The largest absolute Gasteiger partial charge is 0.379 e. The van der Waals surface area contributed by atoms with Crippen LogP contribution in [-0.4, -0.2) is 15.8 Å². The number of aromatic nitrogens is 2. The summed E-state index contributed by atoms with van der Waals surface area (Å²) in [5.74, 6) is 0.735. The fourth-order valence-corrected chi connectivity index (χ4v) is 3.28. The second kappa shape index (κ2) is 4.94. The first-order valence-electron chi connectivity index (χ1n) is 7.20. The number of hydrogen-bond acceptors (Lipinski definition) is 2. The Kier molecular flexibility index (Phi) is 3.69. The van der Waals surface area contributed by atoms with Crippen LogP contribution in [0, 0.1) is 11.3 Å². The van der Waals surface area contributed by atoms with Gasteiger partial charge in [0, 0.05) is 19.3 Å². The summed E-state index contributed by atoms with van der Waals surface area (Å²) >= 11 is 0. The van der Waals surface area contributed by atoms with E-state index in [1.807, 2.05) is 11.7 Å². The molecule has 0 amide bonds. The predicted molar refractivity (Wildman–Crippen MR) is 76.8 cm³/mol. The summed E-state index contributed by atoms with van der Waals surface area (Å²) in [5.41, 5.74) is 2.94. The Hall–Kier alpha value is -0.990. The van der Waals surface area contributed by atoms with Gasteiger partial charge >= 0.3 is 0 Å². The molecule has 0 aromatic carbocycles. The molecule has 0 aliphatic heterocycles. The summed E-state index contributed by atoms with van der Waals surface area (Å²) in [6.07, 6.45) is 7.01. The van der Waals surface area contributed by atoms with Crippen molar-refractivity contribution >= 4 is 5.69 Å². The molecular weight excluding hydrogens is 222 g/mol. The highest BCUT2D eigenvalue weighted by Gasteiger charge is 2.32. The maximum atomic E-state index is 4.50. The first kappa shape index (κ1) is 13.4. The molecule has 3 heteroatoms. The van der Waals surface area contributed by atoms with Crippen LogP contribution in [-0.2, 0) is 13.5 Å². The van der Waals surface area contributed by atoms with Crippen molar-refractivity contribution in [2.45, 2.75) is 59.4 Å². The Morgan fingerprint density at radius 2 is 2.22 bits per heavy atom. The monoisotopic (exact) mass is 249 g/mol. The highest BCUT2D eigenvalue weighted by molar-refractivity contribution is 5.47. The van der Waals surface area contributed by atoms with Gasteiger partial charge in [0.2, 0.25) is 0 Å². The number of anilines is 1. The molecule has 1 aromatic heterocycles. The predicted octanol–water partition coefficient (Wildman–Crippen LogP) is 3.61. The molecule has 2 atom stereocenters. The van der Waals surface area contributed by atoms with Gasteiger partial charge in [-0.3, -0.25) is 4.68 Å². The second-order valence-electron chi connectivity index (χ2n) is 6.65. The number of nitrogens with zero attached hydrogens (tertiary/aromatic N) is 2. The van der Waals surface area contributed by atoms with Gasteiger partial charge in [-0.25, -0.2) is 0 Å². The van der Waals surface area contributed by atoms with Gasteiger partial charge in [0.15, 0.2) is 0 Å². The van der Waals surface area contributed by atoms with Crippen molar-refractivity contribution in [2.24, 2.45) is 18.4 Å².